The fourth-order valence-corrected chi connectivity index (χ4v) is 2.54. The van der Waals surface area contributed by atoms with Gasteiger partial charge in [-0.25, -0.2) is 0 Å². The molecule has 96 valence electrons. The van der Waals surface area contributed by atoms with Crippen LogP contribution >= 0.6 is 12.2 Å². The summed E-state index contributed by atoms with van der Waals surface area (Å²) in [6.07, 6.45) is 0.713. The summed E-state index contributed by atoms with van der Waals surface area (Å²) in [4.78, 5) is 5.09. The normalized spacial score (nSPS) is 16.8. The van der Waals surface area contributed by atoms with Crippen molar-refractivity contribution in [2.24, 2.45) is 0 Å². The van der Waals surface area contributed by atoms with Crippen LogP contribution < -0.4 is 4.90 Å². The van der Waals surface area contributed by atoms with E-state index in [-0.39, 0.29) is 5.60 Å². The number of aromatic amines is 1. The van der Waals surface area contributed by atoms with Crippen molar-refractivity contribution in [3.05, 3.63) is 21.3 Å². The third-order valence-electron chi connectivity index (χ3n) is 3.18. The molecule has 2 heterocycles. The Labute approximate surface area is 112 Å². The Morgan fingerprint density at radius 2 is 2.06 bits per heavy atom. The predicted molar refractivity (Wildman–Crippen MR) is 73.2 cm³/mol. The molecule has 0 fully saturated rings. The van der Waals surface area contributed by atoms with Crippen molar-refractivity contribution in [2.45, 2.75) is 32.5 Å². The molecular weight excluding hydrogens is 246 g/mol. The molecule has 5 heteroatoms. The molecule has 1 aliphatic rings. The van der Waals surface area contributed by atoms with E-state index in [0.29, 0.717) is 23.2 Å². The van der Waals surface area contributed by atoms with Crippen molar-refractivity contribution in [3.63, 3.8) is 0 Å². The molecule has 18 heavy (non-hydrogen) atoms. The molecule has 0 saturated heterocycles. The summed E-state index contributed by atoms with van der Waals surface area (Å²) in [5.41, 5.74) is 2.42. The van der Waals surface area contributed by atoms with Crippen molar-refractivity contribution in [1.29, 1.82) is 5.26 Å². The molecule has 2 rings (SSSR count). The monoisotopic (exact) mass is 263 g/mol. The highest BCUT2D eigenvalue weighted by atomic mass is 32.1. The number of nitrogens with zero attached hydrogens (tertiary/aromatic N) is 2. The molecule has 0 aliphatic carbocycles. The molecule has 1 aromatic heterocycles. The number of hydrogen-bond donors (Lipinski definition) is 1. The lowest BCUT2D eigenvalue weighted by Crippen LogP contribution is -2.33. The number of H-pyrrole nitrogens is 1. The highest BCUT2D eigenvalue weighted by Crippen LogP contribution is 2.34. The van der Waals surface area contributed by atoms with E-state index in [2.05, 4.69) is 11.1 Å². The zero-order valence-electron chi connectivity index (χ0n) is 11.1. The third-order valence-corrected chi connectivity index (χ3v) is 3.49. The molecule has 4 nitrogen and oxygen atoms in total. The van der Waals surface area contributed by atoms with Crippen LogP contribution in [-0.2, 0) is 17.8 Å². The Balaban J connectivity index is 2.72. The van der Waals surface area contributed by atoms with E-state index in [1.54, 1.807) is 0 Å². The van der Waals surface area contributed by atoms with Gasteiger partial charge in [-0.15, -0.1) is 0 Å². The first-order valence-electron chi connectivity index (χ1n) is 5.85. The van der Waals surface area contributed by atoms with Gasteiger partial charge in [-0.3, -0.25) is 0 Å². The van der Waals surface area contributed by atoms with Crippen LogP contribution in [0.15, 0.2) is 0 Å². The number of aromatic nitrogens is 1. The Kier molecular flexibility index (Phi) is 3.18. The molecule has 0 aromatic carbocycles. The number of fused-ring (bicyclic) bond motifs is 1. The summed E-state index contributed by atoms with van der Waals surface area (Å²) in [5, 5.41) is 9.28. The first kappa shape index (κ1) is 13.1. The smallest absolute Gasteiger partial charge is 0.123 e. The minimum atomic E-state index is -0.245. The van der Waals surface area contributed by atoms with Gasteiger partial charge in [0.25, 0.3) is 0 Å². The van der Waals surface area contributed by atoms with Crippen LogP contribution in [-0.4, -0.2) is 24.7 Å². The second kappa shape index (κ2) is 4.38. The van der Waals surface area contributed by atoms with E-state index in [0.717, 1.165) is 16.9 Å². The van der Waals surface area contributed by atoms with Gasteiger partial charge in [-0.05, 0) is 19.4 Å². The van der Waals surface area contributed by atoms with E-state index in [4.69, 9.17) is 17.0 Å². The molecule has 1 N–H and O–H groups in total. The highest BCUT2D eigenvalue weighted by molar-refractivity contribution is 7.71. The lowest BCUT2D eigenvalue weighted by molar-refractivity contribution is -0.0400. The first-order valence-corrected chi connectivity index (χ1v) is 6.26. The van der Waals surface area contributed by atoms with Gasteiger partial charge in [0.05, 0.1) is 17.8 Å². The van der Waals surface area contributed by atoms with Crippen LogP contribution in [0, 0.1) is 16.0 Å². The van der Waals surface area contributed by atoms with Crippen molar-refractivity contribution in [2.75, 3.05) is 19.0 Å². The predicted octanol–water partition coefficient (Wildman–Crippen LogP) is 2.53. The van der Waals surface area contributed by atoms with E-state index >= 15 is 0 Å². The standard InChI is InChI=1S/C13H17N3OS/c1-13(2)5-8-9(6-14)12(18)15-11(16(3)4)10(8)7-17-13/h5,7H2,1-4H3,(H,15,18). The second-order valence-corrected chi connectivity index (χ2v) is 5.77. The molecule has 0 bridgehead atoms. The molecule has 0 radical (unpaired) electrons. The van der Waals surface area contributed by atoms with Crippen LogP contribution in [0.5, 0.6) is 0 Å². The topological polar surface area (TPSA) is 52.0 Å². The zero-order valence-corrected chi connectivity index (χ0v) is 11.9. The number of anilines is 1. The van der Waals surface area contributed by atoms with Gasteiger partial charge in [-0.1, -0.05) is 12.2 Å². The SMILES string of the molecule is CN(C)c1[nH]c(=S)c(C#N)c2c1COC(C)(C)C2. The number of rotatable bonds is 1. The van der Waals surface area contributed by atoms with Gasteiger partial charge in [-0.2, -0.15) is 5.26 Å². The van der Waals surface area contributed by atoms with Crippen LogP contribution in [0.1, 0.15) is 30.5 Å². The Morgan fingerprint density at radius 3 is 2.61 bits per heavy atom. The zero-order chi connectivity index (χ0) is 13.5. The molecule has 0 saturated carbocycles. The van der Waals surface area contributed by atoms with Crippen LogP contribution in [0.4, 0.5) is 5.82 Å². The number of nitrogens with one attached hydrogen (secondary N) is 1. The minimum Gasteiger partial charge on any atom is -0.370 e. The van der Waals surface area contributed by atoms with Gasteiger partial charge in [0, 0.05) is 26.1 Å². The third kappa shape index (κ3) is 2.14. The number of hydrogen-bond acceptors (Lipinski definition) is 4. The molecule has 1 aliphatic heterocycles. The lowest BCUT2D eigenvalue weighted by atomic mass is 9.89. The summed E-state index contributed by atoms with van der Waals surface area (Å²) < 4.78 is 6.34. The Bertz CT molecular complexity index is 581. The summed E-state index contributed by atoms with van der Waals surface area (Å²) in [6, 6.07) is 2.22. The largest absolute Gasteiger partial charge is 0.370 e. The van der Waals surface area contributed by atoms with Gasteiger partial charge in [0.1, 0.15) is 16.5 Å². The maximum absolute atomic E-state index is 9.28. The Morgan fingerprint density at radius 1 is 1.39 bits per heavy atom. The van der Waals surface area contributed by atoms with Gasteiger partial charge < -0.3 is 14.6 Å². The fourth-order valence-electron chi connectivity index (χ4n) is 2.27. The molecule has 0 atom stereocenters. The minimum absolute atomic E-state index is 0.245. The summed E-state index contributed by atoms with van der Waals surface area (Å²) >= 11 is 5.27. The van der Waals surface area contributed by atoms with Crippen LogP contribution in [0.25, 0.3) is 0 Å². The summed E-state index contributed by atoms with van der Waals surface area (Å²) in [5.74, 6) is 0.935. The van der Waals surface area contributed by atoms with E-state index in [1.165, 1.54) is 0 Å². The van der Waals surface area contributed by atoms with E-state index in [1.807, 2.05) is 32.8 Å². The van der Waals surface area contributed by atoms with Crippen molar-refractivity contribution in [3.8, 4) is 6.07 Å². The first-order chi connectivity index (χ1) is 8.35. The molecule has 1 aromatic rings. The maximum atomic E-state index is 9.28. The van der Waals surface area contributed by atoms with Crippen LogP contribution in [0.3, 0.4) is 0 Å². The maximum Gasteiger partial charge on any atom is 0.123 e. The average molecular weight is 263 g/mol. The average Bonchev–Trinajstić information content (AvgIpc) is 2.26. The van der Waals surface area contributed by atoms with Crippen LogP contribution in [0.2, 0.25) is 0 Å². The molecule has 0 unspecified atom stereocenters. The van der Waals surface area contributed by atoms with Crippen molar-refractivity contribution < 1.29 is 4.74 Å². The highest BCUT2D eigenvalue weighted by Gasteiger charge is 2.30. The second-order valence-electron chi connectivity index (χ2n) is 5.37. The van der Waals surface area contributed by atoms with Gasteiger partial charge in [0.15, 0.2) is 0 Å². The van der Waals surface area contributed by atoms with Crippen molar-refractivity contribution in [1.82, 2.24) is 4.98 Å². The Hall–Kier alpha value is -1.38. The van der Waals surface area contributed by atoms with Crippen molar-refractivity contribution >= 4 is 18.0 Å². The fraction of sp³-hybridized carbons (Fsp3) is 0.538. The molecule has 0 spiro atoms. The van der Waals surface area contributed by atoms with E-state index < -0.39 is 0 Å². The number of ether oxygens (including phenoxy) is 1. The molecular formula is C13H17N3OS. The quantitative estimate of drug-likeness (QED) is 0.791. The molecule has 0 amide bonds. The van der Waals surface area contributed by atoms with Gasteiger partial charge >= 0.3 is 0 Å². The number of nitriles is 1. The van der Waals surface area contributed by atoms with Gasteiger partial charge in [0.2, 0.25) is 0 Å². The lowest BCUT2D eigenvalue weighted by Gasteiger charge is -2.34. The van der Waals surface area contributed by atoms with E-state index in [9.17, 15) is 5.26 Å². The summed E-state index contributed by atoms with van der Waals surface area (Å²) in [7, 11) is 3.90. The summed E-state index contributed by atoms with van der Waals surface area (Å²) in [6.45, 7) is 4.58. The number of pyridine rings is 1.